The molecule has 0 aromatic rings. The Morgan fingerprint density at radius 2 is 1.41 bits per heavy atom. The normalized spacial score (nSPS) is 24.8. The third kappa shape index (κ3) is 12.4. The van der Waals surface area contributed by atoms with Crippen LogP contribution in [-0.2, 0) is 14.3 Å². The van der Waals surface area contributed by atoms with Gasteiger partial charge in [-0.15, -0.1) is 0 Å². The maximum absolute atomic E-state index is 11.8. The monoisotopic (exact) mass is 414 g/mol. The van der Waals surface area contributed by atoms with E-state index in [1.165, 1.54) is 51.4 Å². The quantitative estimate of drug-likeness (QED) is 0.201. The highest BCUT2D eigenvalue weighted by atomic mass is 16.7. The molecule has 1 saturated heterocycles. The molecule has 0 spiro atoms. The summed E-state index contributed by atoms with van der Waals surface area (Å²) in [6.07, 6.45) is 15.3. The molecule has 1 fully saturated rings. The Balaban J connectivity index is 1.90. The van der Waals surface area contributed by atoms with Crippen molar-refractivity contribution in [1.29, 1.82) is 0 Å². The zero-order valence-electron chi connectivity index (χ0n) is 18.1. The molecule has 0 aromatic heterocycles. The van der Waals surface area contributed by atoms with E-state index in [9.17, 15) is 20.1 Å². The first kappa shape index (κ1) is 26.1. The number of ether oxygens (including phenoxy) is 2. The predicted octanol–water partition coefficient (Wildman–Crippen LogP) is 4.01. The first-order valence-corrected chi connectivity index (χ1v) is 11.6. The zero-order chi connectivity index (χ0) is 21.3. The number of allylic oxidation sites excluding steroid dienone is 2. The number of carbonyl (C=O) groups excluding carboxylic acids is 1. The average molecular weight is 415 g/mol. The van der Waals surface area contributed by atoms with E-state index in [1.807, 2.05) is 0 Å². The van der Waals surface area contributed by atoms with Gasteiger partial charge in [0.15, 0.2) is 0 Å². The predicted molar refractivity (Wildman–Crippen MR) is 113 cm³/mol. The standard InChI is InChI=1S/C23H42O6/c1-2-3-4-5-6-7-8-9-10-11-12-13-14-15-16-17-20(25)29-23-22(27)21(26)19(24)18-28-23/h9-10,19,21-24,26-27H,2-8,11-18H2,1H3/b10-9-/t19-,21+,22-,23?/m1/s1. The number of aliphatic hydroxyl groups excluding tert-OH is 3. The van der Waals surface area contributed by atoms with Crippen molar-refractivity contribution in [2.45, 2.75) is 121 Å². The van der Waals surface area contributed by atoms with Gasteiger partial charge < -0.3 is 24.8 Å². The number of rotatable bonds is 16. The van der Waals surface area contributed by atoms with Crippen LogP contribution in [0.1, 0.15) is 96.8 Å². The van der Waals surface area contributed by atoms with E-state index in [0.29, 0.717) is 0 Å². The van der Waals surface area contributed by atoms with E-state index < -0.39 is 30.6 Å². The third-order valence-electron chi connectivity index (χ3n) is 5.34. The van der Waals surface area contributed by atoms with Gasteiger partial charge in [0.2, 0.25) is 6.29 Å². The van der Waals surface area contributed by atoms with Crippen LogP contribution in [0.3, 0.4) is 0 Å². The summed E-state index contributed by atoms with van der Waals surface area (Å²) < 4.78 is 10.1. The van der Waals surface area contributed by atoms with E-state index in [0.717, 1.165) is 32.1 Å². The van der Waals surface area contributed by atoms with Crippen LogP contribution in [0.5, 0.6) is 0 Å². The van der Waals surface area contributed by atoms with Crippen molar-refractivity contribution in [3.05, 3.63) is 12.2 Å². The van der Waals surface area contributed by atoms with Crippen molar-refractivity contribution < 1.29 is 29.6 Å². The minimum Gasteiger partial charge on any atom is -0.433 e. The number of unbranched alkanes of at least 4 members (excludes halogenated alkanes) is 11. The maximum atomic E-state index is 11.8. The lowest BCUT2D eigenvalue weighted by atomic mass is 10.1. The topological polar surface area (TPSA) is 96.2 Å². The Morgan fingerprint density at radius 1 is 0.862 bits per heavy atom. The Kier molecular flexibility index (Phi) is 15.1. The van der Waals surface area contributed by atoms with Crippen molar-refractivity contribution >= 4 is 5.97 Å². The molecule has 0 radical (unpaired) electrons. The summed E-state index contributed by atoms with van der Waals surface area (Å²) >= 11 is 0. The van der Waals surface area contributed by atoms with Crippen LogP contribution >= 0.6 is 0 Å². The van der Waals surface area contributed by atoms with E-state index in [-0.39, 0.29) is 13.0 Å². The first-order chi connectivity index (χ1) is 14.1. The molecule has 6 nitrogen and oxygen atoms in total. The van der Waals surface area contributed by atoms with E-state index >= 15 is 0 Å². The van der Waals surface area contributed by atoms with Crippen LogP contribution in [0.25, 0.3) is 0 Å². The number of hydrogen-bond acceptors (Lipinski definition) is 6. The van der Waals surface area contributed by atoms with Crippen LogP contribution in [0, 0.1) is 0 Å². The van der Waals surface area contributed by atoms with Crippen molar-refractivity contribution in [2.75, 3.05) is 6.61 Å². The number of esters is 1. The molecular formula is C23H42O6. The van der Waals surface area contributed by atoms with Gasteiger partial charge in [0, 0.05) is 6.42 Å². The second-order valence-corrected chi connectivity index (χ2v) is 8.07. The van der Waals surface area contributed by atoms with Gasteiger partial charge >= 0.3 is 5.97 Å². The summed E-state index contributed by atoms with van der Waals surface area (Å²) in [6, 6.07) is 0. The summed E-state index contributed by atoms with van der Waals surface area (Å²) in [6.45, 7) is 2.08. The van der Waals surface area contributed by atoms with Gasteiger partial charge in [0.05, 0.1) is 6.61 Å². The van der Waals surface area contributed by atoms with Gasteiger partial charge in [0.1, 0.15) is 18.3 Å². The van der Waals surface area contributed by atoms with Gasteiger partial charge in [0.25, 0.3) is 0 Å². The van der Waals surface area contributed by atoms with Crippen LogP contribution in [0.15, 0.2) is 12.2 Å². The molecule has 29 heavy (non-hydrogen) atoms. The highest BCUT2D eigenvalue weighted by Gasteiger charge is 2.39. The molecule has 0 aliphatic carbocycles. The highest BCUT2D eigenvalue weighted by molar-refractivity contribution is 5.69. The lowest BCUT2D eigenvalue weighted by molar-refractivity contribution is -0.262. The Morgan fingerprint density at radius 3 is 2.03 bits per heavy atom. The molecule has 0 bridgehead atoms. The van der Waals surface area contributed by atoms with Crippen LogP contribution in [-0.4, -0.2) is 52.5 Å². The van der Waals surface area contributed by atoms with E-state index in [4.69, 9.17) is 9.47 Å². The summed E-state index contributed by atoms with van der Waals surface area (Å²) in [5.41, 5.74) is 0. The number of aliphatic hydroxyl groups is 3. The molecule has 0 amide bonds. The van der Waals surface area contributed by atoms with Gasteiger partial charge in [-0.05, 0) is 32.1 Å². The zero-order valence-corrected chi connectivity index (χ0v) is 18.1. The fourth-order valence-electron chi connectivity index (χ4n) is 3.41. The van der Waals surface area contributed by atoms with Gasteiger partial charge in [-0.25, -0.2) is 0 Å². The molecule has 1 heterocycles. The second-order valence-electron chi connectivity index (χ2n) is 8.07. The largest absolute Gasteiger partial charge is 0.433 e. The van der Waals surface area contributed by atoms with Crippen molar-refractivity contribution in [1.82, 2.24) is 0 Å². The van der Waals surface area contributed by atoms with Crippen molar-refractivity contribution in [3.63, 3.8) is 0 Å². The summed E-state index contributed by atoms with van der Waals surface area (Å²) in [7, 11) is 0. The van der Waals surface area contributed by atoms with E-state index in [1.54, 1.807) is 0 Å². The van der Waals surface area contributed by atoms with Gasteiger partial charge in [-0.2, -0.15) is 0 Å². The third-order valence-corrected chi connectivity index (χ3v) is 5.34. The molecule has 4 atom stereocenters. The minimum absolute atomic E-state index is 0.163. The van der Waals surface area contributed by atoms with Crippen molar-refractivity contribution in [3.8, 4) is 0 Å². The highest BCUT2D eigenvalue weighted by Crippen LogP contribution is 2.18. The molecule has 0 aromatic carbocycles. The van der Waals surface area contributed by atoms with Crippen LogP contribution < -0.4 is 0 Å². The summed E-state index contributed by atoms with van der Waals surface area (Å²) in [5.74, 6) is -0.449. The minimum atomic E-state index is -1.42. The molecule has 1 aliphatic heterocycles. The van der Waals surface area contributed by atoms with Crippen molar-refractivity contribution in [2.24, 2.45) is 0 Å². The SMILES string of the molecule is CCCCCCCC/C=C\CCCCCCCC(=O)OC1OC[C@@H](O)[C@H](O)[C@H]1O. The maximum Gasteiger partial charge on any atom is 0.308 e. The Bertz CT molecular complexity index is 439. The van der Waals surface area contributed by atoms with Gasteiger partial charge in [-0.1, -0.05) is 70.4 Å². The van der Waals surface area contributed by atoms with Crippen LogP contribution in [0.2, 0.25) is 0 Å². The first-order valence-electron chi connectivity index (χ1n) is 11.6. The Hall–Kier alpha value is -0.950. The number of hydrogen-bond donors (Lipinski definition) is 3. The molecule has 6 heteroatoms. The van der Waals surface area contributed by atoms with Crippen LogP contribution in [0.4, 0.5) is 0 Å². The fourth-order valence-corrected chi connectivity index (χ4v) is 3.41. The van der Waals surface area contributed by atoms with Gasteiger partial charge in [-0.3, -0.25) is 4.79 Å². The number of carbonyl (C=O) groups is 1. The molecule has 170 valence electrons. The molecule has 3 N–H and O–H groups in total. The smallest absolute Gasteiger partial charge is 0.308 e. The molecule has 0 saturated carbocycles. The molecule has 1 unspecified atom stereocenters. The lowest BCUT2D eigenvalue weighted by Crippen LogP contribution is -2.54. The average Bonchev–Trinajstić information content (AvgIpc) is 2.71. The Labute approximate surface area is 176 Å². The summed E-state index contributed by atoms with van der Waals surface area (Å²) in [4.78, 5) is 11.8. The lowest BCUT2D eigenvalue weighted by Gasteiger charge is -2.34. The van der Waals surface area contributed by atoms with E-state index in [2.05, 4.69) is 19.1 Å². The summed E-state index contributed by atoms with van der Waals surface area (Å²) in [5, 5.41) is 28.7. The molecular weight excluding hydrogens is 372 g/mol. The molecule has 1 aliphatic rings. The fraction of sp³-hybridized carbons (Fsp3) is 0.870. The second kappa shape index (κ2) is 16.8. The molecule has 1 rings (SSSR count).